The normalized spacial score (nSPS) is 18.7. The second-order valence-corrected chi connectivity index (χ2v) is 5.84. The minimum atomic E-state index is -1.01. The van der Waals surface area contributed by atoms with Crippen LogP contribution in [0.5, 0.6) is 5.75 Å². The largest absolute Gasteiger partial charge is 0.485 e. The zero-order chi connectivity index (χ0) is 16.2. The Balaban J connectivity index is 1.82. The first-order valence-electron chi connectivity index (χ1n) is 7.84. The minimum Gasteiger partial charge on any atom is -0.485 e. The lowest BCUT2D eigenvalue weighted by atomic mass is 10.1. The lowest BCUT2D eigenvalue weighted by Crippen LogP contribution is -2.35. The summed E-state index contributed by atoms with van der Waals surface area (Å²) in [6.07, 6.45) is 4.59. The van der Waals surface area contributed by atoms with Crippen molar-refractivity contribution in [3.63, 3.8) is 0 Å². The molecule has 0 aliphatic carbocycles. The molecule has 122 valence electrons. The molecule has 0 spiro atoms. The van der Waals surface area contributed by atoms with Crippen LogP contribution in [0, 0.1) is 0 Å². The Kier molecular flexibility index (Phi) is 4.62. The first-order chi connectivity index (χ1) is 11.2. The van der Waals surface area contributed by atoms with Crippen LogP contribution in [0.25, 0.3) is 0 Å². The van der Waals surface area contributed by atoms with Gasteiger partial charge in [-0.25, -0.2) is 9.48 Å². The standard InChI is InChI=1S/C17H21N3O3/c1-19-10-6-5-9-15(19)20-16(17(21)22)14(11-18-20)23-12-13-7-3-2-4-8-13/h2-4,7-8,11,15H,5-6,9-10,12H2,1H3,(H,21,22). The van der Waals surface area contributed by atoms with E-state index >= 15 is 0 Å². The number of carbonyl (C=O) groups is 1. The van der Waals surface area contributed by atoms with Gasteiger partial charge in [-0.05, 0) is 38.4 Å². The van der Waals surface area contributed by atoms with E-state index in [4.69, 9.17) is 4.74 Å². The van der Waals surface area contributed by atoms with Crippen molar-refractivity contribution in [3.8, 4) is 5.75 Å². The van der Waals surface area contributed by atoms with Gasteiger partial charge in [-0.3, -0.25) is 4.90 Å². The van der Waals surface area contributed by atoms with Crippen molar-refractivity contribution in [2.24, 2.45) is 0 Å². The molecule has 1 N–H and O–H groups in total. The molecule has 1 unspecified atom stereocenters. The molecule has 1 aliphatic rings. The summed E-state index contributed by atoms with van der Waals surface area (Å²) in [5.74, 6) is -0.690. The number of hydrogen-bond donors (Lipinski definition) is 1. The SMILES string of the molecule is CN1CCCCC1n1ncc(OCc2ccccc2)c1C(=O)O. The fourth-order valence-corrected chi connectivity index (χ4v) is 2.98. The van der Waals surface area contributed by atoms with Gasteiger partial charge in [0.1, 0.15) is 12.8 Å². The van der Waals surface area contributed by atoms with Crippen molar-refractivity contribution in [1.82, 2.24) is 14.7 Å². The Hall–Kier alpha value is -2.34. The smallest absolute Gasteiger partial charge is 0.358 e. The number of aromatic carboxylic acids is 1. The monoisotopic (exact) mass is 315 g/mol. The molecule has 1 aromatic carbocycles. The Bertz CT molecular complexity index is 669. The summed E-state index contributed by atoms with van der Waals surface area (Å²) in [4.78, 5) is 13.8. The van der Waals surface area contributed by atoms with E-state index in [2.05, 4.69) is 10.00 Å². The van der Waals surface area contributed by atoms with Gasteiger partial charge in [-0.2, -0.15) is 5.10 Å². The average molecular weight is 315 g/mol. The molecule has 2 aromatic rings. The molecule has 6 heteroatoms. The molecule has 6 nitrogen and oxygen atoms in total. The highest BCUT2D eigenvalue weighted by Crippen LogP contribution is 2.29. The third-order valence-corrected chi connectivity index (χ3v) is 4.22. The van der Waals surface area contributed by atoms with Gasteiger partial charge >= 0.3 is 5.97 Å². The number of aromatic nitrogens is 2. The van der Waals surface area contributed by atoms with E-state index in [1.807, 2.05) is 37.4 Å². The van der Waals surface area contributed by atoms with Crippen LogP contribution in [0.3, 0.4) is 0 Å². The number of hydrogen-bond acceptors (Lipinski definition) is 4. The second-order valence-electron chi connectivity index (χ2n) is 5.84. The quantitative estimate of drug-likeness (QED) is 0.919. The van der Waals surface area contributed by atoms with E-state index < -0.39 is 5.97 Å². The summed E-state index contributed by atoms with van der Waals surface area (Å²) >= 11 is 0. The van der Waals surface area contributed by atoms with E-state index in [-0.39, 0.29) is 11.9 Å². The number of nitrogens with zero attached hydrogens (tertiary/aromatic N) is 3. The van der Waals surface area contributed by atoms with E-state index in [1.54, 1.807) is 4.68 Å². The number of carboxylic acid groups (broad SMARTS) is 1. The molecule has 1 atom stereocenters. The Morgan fingerprint density at radius 1 is 1.35 bits per heavy atom. The Morgan fingerprint density at radius 3 is 2.83 bits per heavy atom. The summed E-state index contributed by atoms with van der Waals surface area (Å²) in [6.45, 7) is 1.27. The first-order valence-corrected chi connectivity index (χ1v) is 7.84. The van der Waals surface area contributed by atoms with Crippen molar-refractivity contribution < 1.29 is 14.6 Å². The van der Waals surface area contributed by atoms with Crippen LogP contribution in [-0.2, 0) is 6.61 Å². The second kappa shape index (κ2) is 6.83. The Labute approximate surface area is 135 Å². The molecule has 0 bridgehead atoms. The summed E-state index contributed by atoms with van der Waals surface area (Å²) in [5.41, 5.74) is 1.12. The van der Waals surface area contributed by atoms with Crippen LogP contribution in [0.2, 0.25) is 0 Å². The fourth-order valence-electron chi connectivity index (χ4n) is 2.98. The summed E-state index contributed by atoms with van der Waals surface area (Å²) in [5, 5.41) is 13.9. The number of carboxylic acids is 1. The molecule has 1 saturated heterocycles. The molecule has 1 fully saturated rings. The van der Waals surface area contributed by atoms with Crippen molar-refractivity contribution in [2.75, 3.05) is 13.6 Å². The third-order valence-electron chi connectivity index (χ3n) is 4.22. The highest BCUT2D eigenvalue weighted by Gasteiger charge is 2.28. The number of benzene rings is 1. The van der Waals surface area contributed by atoms with Crippen molar-refractivity contribution in [3.05, 3.63) is 47.8 Å². The summed E-state index contributed by atoms with van der Waals surface area (Å²) < 4.78 is 7.29. The fraction of sp³-hybridized carbons (Fsp3) is 0.412. The summed E-state index contributed by atoms with van der Waals surface area (Å²) in [6, 6.07) is 9.68. The topological polar surface area (TPSA) is 67.6 Å². The van der Waals surface area contributed by atoms with Gasteiger partial charge in [0.25, 0.3) is 0 Å². The summed E-state index contributed by atoms with van der Waals surface area (Å²) in [7, 11) is 2.00. The molecule has 0 radical (unpaired) electrons. The average Bonchev–Trinajstić information content (AvgIpc) is 2.98. The maximum absolute atomic E-state index is 11.7. The maximum atomic E-state index is 11.7. The van der Waals surface area contributed by atoms with Crippen LogP contribution in [-0.4, -0.2) is 39.3 Å². The zero-order valence-corrected chi connectivity index (χ0v) is 13.2. The third kappa shape index (κ3) is 3.37. The minimum absolute atomic E-state index is 0.0241. The maximum Gasteiger partial charge on any atom is 0.358 e. The van der Waals surface area contributed by atoms with Gasteiger partial charge < -0.3 is 9.84 Å². The molecule has 23 heavy (non-hydrogen) atoms. The molecule has 1 aromatic heterocycles. The van der Waals surface area contributed by atoms with Crippen molar-refractivity contribution in [1.29, 1.82) is 0 Å². The number of likely N-dealkylation sites (tertiary alicyclic amines) is 1. The first kappa shape index (κ1) is 15.6. The predicted octanol–water partition coefficient (Wildman–Crippen LogP) is 2.77. The van der Waals surface area contributed by atoms with Crippen LogP contribution >= 0.6 is 0 Å². The van der Waals surface area contributed by atoms with Crippen molar-refractivity contribution >= 4 is 5.97 Å². The van der Waals surface area contributed by atoms with Gasteiger partial charge in [-0.15, -0.1) is 0 Å². The van der Waals surface area contributed by atoms with Gasteiger partial charge in [0.15, 0.2) is 11.4 Å². The zero-order valence-electron chi connectivity index (χ0n) is 13.2. The predicted molar refractivity (Wildman–Crippen MR) is 85.5 cm³/mol. The van der Waals surface area contributed by atoms with Gasteiger partial charge in [0.05, 0.1) is 6.20 Å². The van der Waals surface area contributed by atoms with Crippen molar-refractivity contribution in [2.45, 2.75) is 32.0 Å². The van der Waals surface area contributed by atoms with E-state index in [1.165, 1.54) is 6.20 Å². The van der Waals surface area contributed by atoms with Gasteiger partial charge in [0.2, 0.25) is 0 Å². The van der Waals surface area contributed by atoms with Gasteiger partial charge in [-0.1, -0.05) is 30.3 Å². The molecular weight excluding hydrogens is 294 g/mol. The van der Waals surface area contributed by atoms with Crippen LogP contribution in [0.4, 0.5) is 0 Å². The van der Waals surface area contributed by atoms with Crippen LogP contribution < -0.4 is 4.74 Å². The molecule has 0 saturated carbocycles. The van der Waals surface area contributed by atoms with Gasteiger partial charge in [0, 0.05) is 0 Å². The lowest BCUT2D eigenvalue weighted by molar-refractivity contribution is 0.0636. The van der Waals surface area contributed by atoms with Crippen LogP contribution in [0.15, 0.2) is 36.5 Å². The molecular formula is C17H21N3O3. The Morgan fingerprint density at radius 2 is 2.13 bits per heavy atom. The lowest BCUT2D eigenvalue weighted by Gasteiger charge is -2.32. The molecule has 0 amide bonds. The van der Waals surface area contributed by atoms with E-state index in [0.717, 1.165) is 31.4 Å². The molecule has 2 heterocycles. The number of piperidine rings is 1. The molecule has 1 aliphatic heterocycles. The van der Waals surface area contributed by atoms with Crippen LogP contribution in [0.1, 0.15) is 41.5 Å². The van der Waals surface area contributed by atoms with E-state index in [0.29, 0.717) is 12.4 Å². The highest BCUT2D eigenvalue weighted by atomic mass is 16.5. The number of rotatable bonds is 5. The highest BCUT2D eigenvalue weighted by molar-refractivity contribution is 5.88. The van der Waals surface area contributed by atoms with E-state index in [9.17, 15) is 9.90 Å². The molecule has 3 rings (SSSR count). The number of ether oxygens (including phenoxy) is 1.